The Bertz CT molecular complexity index is 521. The molecule has 0 radical (unpaired) electrons. The van der Waals surface area contributed by atoms with E-state index in [0.29, 0.717) is 5.41 Å². The zero-order chi connectivity index (χ0) is 13.3. The monoisotopic (exact) mass is 258 g/mol. The van der Waals surface area contributed by atoms with E-state index >= 15 is 0 Å². The maximum absolute atomic E-state index is 2.35. The van der Waals surface area contributed by atoms with Gasteiger partial charge in [0, 0.05) is 4.88 Å². The van der Waals surface area contributed by atoms with Crippen molar-refractivity contribution < 1.29 is 0 Å². The lowest BCUT2D eigenvalue weighted by Gasteiger charge is -2.16. The van der Waals surface area contributed by atoms with Gasteiger partial charge in [-0.3, -0.25) is 0 Å². The van der Waals surface area contributed by atoms with Gasteiger partial charge in [0.15, 0.2) is 0 Å². The van der Waals surface area contributed by atoms with Crippen LogP contribution >= 0.6 is 11.3 Å². The van der Waals surface area contributed by atoms with E-state index in [1.54, 1.807) is 0 Å². The van der Waals surface area contributed by atoms with Crippen LogP contribution in [0.15, 0.2) is 29.6 Å². The Labute approximate surface area is 115 Å². The summed E-state index contributed by atoms with van der Waals surface area (Å²) in [5.41, 5.74) is 5.87. The van der Waals surface area contributed by atoms with Crippen LogP contribution < -0.4 is 0 Å². The van der Waals surface area contributed by atoms with Crippen LogP contribution in [0.3, 0.4) is 0 Å². The van der Waals surface area contributed by atoms with Crippen LogP contribution in [0.25, 0.3) is 10.4 Å². The first-order valence-corrected chi connectivity index (χ1v) is 7.37. The van der Waals surface area contributed by atoms with Gasteiger partial charge in [-0.15, -0.1) is 11.3 Å². The van der Waals surface area contributed by atoms with E-state index in [-0.39, 0.29) is 0 Å². The minimum absolute atomic E-state index is 0.362. The zero-order valence-corrected chi connectivity index (χ0v) is 12.8. The van der Waals surface area contributed by atoms with E-state index in [2.05, 4.69) is 64.3 Å². The SMILES string of the molecule is Cc1cc(C)cc(-c2cc(CC(C)(C)C)cs2)c1. The van der Waals surface area contributed by atoms with Crippen molar-refractivity contribution in [3.63, 3.8) is 0 Å². The van der Waals surface area contributed by atoms with Crippen LogP contribution in [0.4, 0.5) is 0 Å². The third-order valence-electron chi connectivity index (χ3n) is 2.89. The molecule has 0 nitrogen and oxygen atoms in total. The topological polar surface area (TPSA) is 0 Å². The van der Waals surface area contributed by atoms with Crippen molar-refractivity contribution in [3.05, 3.63) is 46.3 Å². The molecule has 96 valence electrons. The Morgan fingerprint density at radius 2 is 1.56 bits per heavy atom. The van der Waals surface area contributed by atoms with Crippen LogP contribution in [0, 0.1) is 19.3 Å². The second-order valence-electron chi connectivity index (χ2n) is 6.43. The number of hydrogen-bond donors (Lipinski definition) is 0. The summed E-state index contributed by atoms with van der Waals surface area (Å²) in [4.78, 5) is 1.39. The van der Waals surface area contributed by atoms with Gasteiger partial charge >= 0.3 is 0 Å². The van der Waals surface area contributed by atoms with E-state index in [1.165, 1.54) is 27.1 Å². The summed E-state index contributed by atoms with van der Waals surface area (Å²) in [7, 11) is 0. The average molecular weight is 258 g/mol. The average Bonchev–Trinajstić information content (AvgIpc) is 2.61. The lowest BCUT2D eigenvalue weighted by molar-refractivity contribution is 0.412. The lowest BCUT2D eigenvalue weighted by Crippen LogP contribution is -2.08. The van der Waals surface area contributed by atoms with Crippen molar-refractivity contribution in [3.8, 4) is 10.4 Å². The lowest BCUT2D eigenvalue weighted by atomic mass is 9.89. The molecule has 0 atom stereocenters. The minimum atomic E-state index is 0.362. The zero-order valence-electron chi connectivity index (χ0n) is 12.0. The largest absolute Gasteiger partial charge is 0.144 e. The Morgan fingerprint density at radius 1 is 0.944 bits per heavy atom. The molecule has 0 bridgehead atoms. The van der Waals surface area contributed by atoms with E-state index < -0.39 is 0 Å². The van der Waals surface area contributed by atoms with Crippen LogP contribution in [-0.2, 0) is 6.42 Å². The summed E-state index contributed by atoms with van der Waals surface area (Å²) in [5.74, 6) is 0. The van der Waals surface area contributed by atoms with Gasteiger partial charge in [-0.1, -0.05) is 50.1 Å². The van der Waals surface area contributed by atoms with Gasteiger partial charge in [0.05, 0.1) is 0 Å². The third-order valence-corrected chi connectivity index (χ3v) is 3.92. The first-order chi connectivity index (χ1) is 8.33. The number of aryl methyl sites for hydroxylation is 2. The molecule has 0 spiro atoms. The van der Waals surface area contributed by atoms with Crippen LogP contribution in [0.1, 0.15) is 37.5 Å². The molecular formula is C17H22S. The third kappa shape index (κ3) is 3.46. The number of thiophene rings is 1. The molecule has 0 saturated carbocycles. The van der Waals surface area contributed by atoms with Crippen LogP contribution in [-0.4, -0.2) is 0 Å². The molecule has 2 rings (SSSR count). The van der Waals surface area contributed by atoms with Gasteiger partial charge in [0.2, 0.25) is 0 Å². The van der Waals surface area contributed by atoms with E-state index in [9.17, 15) is 0 Å². The van der Waals surface area contributed by atoms with Crippen LogP contribution in [0.5, 0.6) is 0 Å². The second-order valence-corrected chi connectivity index (χ2v) is 7.34. The van der Waals surface area contributed by atoms with E-state index in [4.69, 9.17) is 0 Å². The first-order valence-electron chi connectivity index (χ1n) is 6.50. The molecule has 0 aliphatic heterocycles. The Morgan fingerprint density at radius 3 is 2.11 bits per heavy atom. The van der Waals surface area contributed by atoms with Gasteiger partial charge in [0.1, 0.15) is 0 Å². The standard InChI is InChI=1S/C17H22S/c1-12-6-13(2)8-15(7-12)16-9-14(11-18-16)10-17(3,4)5/h6-9,11H,10H2,1-5H3. The molecule has 2 aromatic rings. The van der Waals surface area contributed by atoms with Gasteiger partial charge in [-0.2, -0.15) is 0 Å². The summed E-state index contributed by atoms with van der Waals surface area (Å²) in [6.45, 7) is 11.2. The molecule has 1 heteroatoms. The molecule has 0 unspecified atom stereocenters. The van der Waals surface area contributed by atoms with Crippen LogP contribution in [0.2, 0.25) is 0 Å². The van der Waals surface area contributed by atoms with Crippen molar-refractivity contribution in [2.75, 3.05) is 0 Å². The molecule has 0 aliphatic rings. The van der Waals surface area contributed by atoms with Gasteiger partial charge in [-0.05, 0) is 48.3 Å². The van der Waals surface area contributed by atoms with Gasteiger partial charge in [-0.25, -0.2) is 0 Å². The van der Waals surface area contributed by atoms with Crippen molar-refractivity contribution in [1.82, 2.24) is 0 Å². The number of rotatable bonds is 2. The fourth-order valence-electron chi connectivity index (χ4n) is 2.35. The maximum Gasteiger partial charge on any atom is 0.0345 e. The highest BCUT2D eigenvalue weighted by molar-refractivity contribution is 7.13. The summed E-state index contributed by atoms with van der Waals surface area (Å²) < 4.78 is 0. The number of hydrogen-bond acceptors (Lipinski definition) is 1. The van der Waals surface area contributed by atoms with E-state index in [0.717, 1.165) is 6.42 Å². The Hall–Kier alpha value is -1.08. The van der Waals surface area contributed by atoms with Gasteiger partial charge in [0.25, 0.3) is 0 Å². The van der Waals surface area contributed by atoms with Gasteiger partial charge < -0.3 is 0 Å². The smallest absolute Gasteiger partial charge is 0.0345 e. The highest BCUT2D eigenvalue weighted by Crippen LogP contribution is 2.31. The summed E-state index contributed by atoms with van der Waals surface area (Å²) in [6.07, 6.45) is 1.15. The van der Waals surface area contributed by atoms with Crippen molar-refractivity contribution in [1.29, 1.82) is 0 Å². The molecule has 0 N–H and O–H groups in total. The fraction of sp³-hybridized carbons (Fsp3) is 0.412. The molecule has 0 amide bonds. The Balaban J connectivity index is 2.29. The molecule has 0 saturated heterocycles. The maximum atomic E-state index is 2.35. The predicted octanol–water partition coefficient (Wildman–Crippen LogP) is 5.62. The van der Waals surface area contributed by atoms with E-state index in [1.807, 2.05) is 11.3 Å². The Kier molecular flexibility index (Phi) is 3.63. The molecule has 0 fully saturated rings. The number of benzene rings is 1. The first kappa shape index (κ1) is 13.4. The molecule has 1 aromatic heterocycles. The second kappa shape index (κ2) is 4.89. The molecule has 18 heavy (non-hydrogen) atoms. The summed E-state index contributed by atoms with van der Waals surface area (Å²) in [5, 5.41) is 2.30. The predicted molar refractivity (Wildman–Crippen MR) is 82.4 cm³/mol. The summed E-state index contributed by atoms with van der Waals surface area (Å²) >= 11 is 1.86. The highest BCUT2D eigenvalue weighted by Gasteiger charge is 2.13. The molecule has 0 aliphatic carbocycles. The fourth-order valence-corrected chi connectivity index (χ4v) is 3.25. The van der Waals surface area contributed by atoms with Crippen molar-refractivity contribution in [2.24, 2.45) is 5.41 Å². The van der Waals surface area contributed by atoms with Crippen molar-refractivity contribution in [2.45, 2.75) is 41.0 Å². The molecular weight excluding hydrogens is 236 g/mol. The minimum Gasteiger partial charge on any atom is -0.144 e. The molecule has 1 aromatic carbocycles. The quantitative estimate of drug-likeness (QED) is 0.655. The van der Waals surface area contributed by atoms with Crippen molar-refractivity contribution >= 4 is 11.3 Å². The normalized spacial score (nSPS) is 11.8. The summed E-state index contributed by atoms with van der Waals surface area (Å²) in [6, 6.07) is 9.14. The highest BCUT2D eigenvalue weighted by atomic mass is 32.1. The molecule has 1 heterocycles.